The maximum Gasteiger partial charge on any atom is 0.234 e. The van der Waals surface area contributed by atoms with E-state index >= 15 is 0 Å². The molecule has 0 bridgehead atoms. The van der Waals surface area contributed by atoms with E-state index in [1.54, 1.807) is 6.07 Å². The fourth-order valence-corrected chi connectivity index (χ4v) is 1.55. The quantitative estimate of drug-likeness (QED) is 0.808. The first-order valence-corrected chi connectivity index (χ1v) is 5.65. The van der Waals surface area contributed by atoms with Crippen LogP contribution in [0.4, 0.5) is 10.1 Å². The third-order valence-corrected chi connectivity index (χ3v) is 2.58. The molecule has 0 aromatic heterocycles. The van der Waals surface area contributed by atoms with Crippen molar-refractivity contribution in [2.75, 3.05) is 16.8 Å². The number of hydrogen-bond donors (Lipinski definition) is 2. The number of hydrogen-bond acceptors (Lipinski definition) is 3. The molecule has 0 aliphatic rings. The van der Waals surface area contributed by atoms with Gasteiger partial charge in [0.2, 0.25) is 11.8 Å². The SMILES string of the molecule is NC(=O)CSCC(=O)Nc1ccccc1F. The van der Waals surface area contributed by atoms with Gasteiger partial charge in [0.15, 0.2) is 0 Å². The lowest BCUT2D eigenvalue weighted by Crippen LogP contribution is -2.18. The van der Waals surface area contributed by atoms with E-state index in [4.69, 9.17) is 5.73 Å². The molecule has 0 atom stereocenters. The zero-order valence-corrected chi connectivity index (χ0v) is 9.22. The number of carbonyl (C=O) groups excluding carboxylic acids is 2. The first-order valence-electron chi connectivity index (χ1n) is 4.50. The smallest absolute Gasteiger partial charge is 0.234 e. The minimum atomic E-state index is -0.490. The number of para-hydroxylation sites is 1. The minimum absolute atomic E-state index is 0.0667. The maximum absolute atomic E-state index is 13.1. The number of primary amides is 1. The van der Waals surface area contributed by atoms with Crippen LogP contribution in [0.5, 0.6) is 0 Å². The normalized spacial score (nSPS) is 9.81. The van der Waals surface area contributed by atoms with Gasteiger partial charge in [-0.2, -0.15) is 0 Å². The Hall–Kier alpha value is -1.56. The fraction of sp³-hybridized carbons (Fsp3) is 0.200. The monoisotopic (exact) mass is 242 g/mol. The zero-order chi connectivity index (χ0) is 12.0. The molecule has 0 saturated heterocycles. The fourth-order valence-electron chi connectivity index (χ4n) is 0.993. The summed E-state index contributed by atoms with van der Waals surface area (Å²) in [6.07, 6.45) is 0. The molecule has 0 saturated carbocycles. The summed E-state index contributed by atoms with van der Waals surface area (Å²) in [7, 11) is 0. The van der Waals surface area contributed by atoms with Gasteiger partial charge in [0.05, 0.1) is 17.2 Å². The lowest BCUT2D eigenvalue weighted by atomic mass is 10.3. The number of anilines is 1. The second kappa shape index (κ2) is 6.12. The predicted molar refractivity (Wildman–Crippen MR) is 61.5 cm³/mol. The molecule has 16 heavy (non-hydrogen) atoms. The van der Waals surface area contributed by atoms with Gasteiger partial charge in [-0.15, -0.1) is 11.8 Å². The Labute approximate surface area is 96.4 Å². The summed E-state index contributed by atoms with van der Waals surface area (Å²) in [4.78, 5) is 21.7. The summed E-state index contributed by atoms with van der Waals surface area (Å²) in [5.74, 6) is -1.20. The maximum atomic E-state index is 13.1. The summed E-state index contributed by atoms with van der Waals surface area (Å²) in [5, 5.41) is 2.40. The Balaban J connectivity index is 2.40. The third-order valence-electron chi connectivity index (χ3n) is 1.63. The van der Waals surface area contributed by atoms with E-state index in [1.807, 2.05) is 0 Å². The van der Waals surface area contributed by atoms with Gasteiger partial charge in [-0.1, -0.05) is 12.1 Å². The summed E-state index contributed by atoms with van der Waals surface area (Å²) in [6, 6.07) is 5.88. The van der Waals surface area contributed by atoms with Crippen molar-refractivity contribution in [3.63, 3.8) is 0 Å². The van der Waals surface area contributed by atoms with Crippen molar-refractivity contribution in [3.8, 4) is 0 Å². The molecule has 2 amide bonds. The molecule has 6 heteroatoms. The lowest BCUT2D eigenvalue weighted by molar-refractivity contribution is -0.115. The van der Waals surface area contributed by atoms with Crippen LogP contribution >= 0.6 is 11.8 Å². The second-order valence-corrected chi connectivity index (χ2v) is 3.97. The summed E-state index contributed by atoms with van der Waals surface area (Å²) >= 11 is 1.09. The molecule has 0 radical (unpaired) electrons. The molecule has 0 unspecified atom stereocenters. The van der Waals surface area contributed by atoms with Crippen LogP contribution in [0.15, 0.2) is 24.3 Å². The number of halogens is 1. The van der Waals surface area contributed by atoms with E-state index in [9.17, 15) is 14.0 Å². The molecule has 4 nitrogen and oxygen atoms in total. The third kappa shape index (κ3) is 4.31. The molecule has 0 spiro atoms. The largest absolute Gasteiger partial charge is 0.369 e. The number of carbonyl (C=O) groups is 2. The Morgan fingerprint density at radius 3 is 2.62 bits per heavy atom. The summed E-state index contributed by atoms with van der Waals surface area (Å²) in [6.45, 7) is 0. The van der Waals surface area contributed by atoms with E-state index in [-0.39, 0.29) is 23.1 Å². The first kappa shape index (κ1) is 12.5. The molecule has 86 valence electrons. The second-order valence-electron chi connectivity index (χ2n) is 2.99. The molecule has 1 aromatic carbocycles. The van der Waals surface area contributed by atoms with Gasteiger partial charge in [0, 0.05) is 0 Å². The Kier molecular flexibility index (Phi) is 4.78. The highest BCUT2D eigenvalue weighted by Crippen LogP contribution is 2.12. The molecular formula is C10H11FN2O2S. The van der Waals surface area contributed by atoms with Gasteiger partial charge >= 0.3 is 0 Å². The van der Waals surface area contributed by atoms with Crippen LogP contribution in [0.1, 0.15) is 0 Å². The summed E-state index contributed by atoms with van der Waals surface area (Å²) < 4.78 is 13.1. The van der Waals surface area contributed by atoms with Crippen molar-refractivity contribution >= 4 is 29.3 Å². The van der Waals surface area contributed by atoms with E-state index in [0.29, 0.717) is 0 Å². The van der Waals surface area contributed by atoms with Crippen molar-refractivity contribution in [2.24, 2.45) is 5.73 Å². The van der Waals surface area contributed by atoms with Crippen molar-refractivity contribution in [1.29, 1.82) is 0 Å². The van der Waals surface area contributed by atoms with Gasteiger partial charge in [0.1, 0.15) is 5.82 Å². The van der Waals surface area contributed by atoms with Gasteiger partial charge in [-0.25, -0.2) is 4.39 Å². The number of benzene rings is 1. The zero-order valence-electron chi connectivity index (χ0n) is 8.40. The van der Waals surface area contributed by atoms with Crippen LogP contribution in [0.3, 0.4) is 0 Å². The topological polar surface area (TPSA) is 72.2 Å². The number of amides is 2. The molecule has 0 aliphatic heterocycles. The molecule has 0 aliphatic carbocycles. The standard InChI is InChI=1S/C10H11FN2O2S/c11-7-3-1-2-4-8(7)13-10(15)6-16-5-9(12)14/h1-4H,5-6H2,(H2,12,14)(H,13,15). The average Bonchev–Trinajstić information content (AvgIpc) is 2.21. The Morgan fingerprint density at radius 1 is 1.31 bits per heavy atom. The van der Waals surface area contributed by atoms with Crippen molar-refractivity contribution < 1.29 is 14.0 Å². The number of nitrogens with two attached hydrogens (primary N) is 1. The van der Waals surface area contributed by atoms with Gasteiger partial charge in [-0.05, 0) is 12.1 Å². The Morgan fingerprint density at radius 2 is 2.00 bits per heavy atom. The number of rotatable bonds is 5. The number of nitrogens with one attached hydrogen (secondary N) is 1. The molecule has 0 heterocycles. The first-order chi connectivity index (χ1) is 7.59. The molecular weight excluding hydrogens is 231 g/mol. The van der Waals surface area contributed by atoms with Crippen LogP contribution in [-0.2, 0) is 9.59 Å². The summed E-state index contributed by atoms with van der Waals surface area (Å²) in [5.41, 5.74) is 5.04. The highest BCUT2D eigenvalue weighted by molar-refractivity contribution is 8.00. The molecule has 0 fully saturated rings. The van der Waals surface area contributed by atoms with Gasteiger partial charge in [-0.3, -0.25) is 9.59 Å². The van der Waals surface area contributed by atoms with Gasteiger partial charge in [0.25, 0.3) is 0 Å². The minimum Gasteiger partial charge on any atom is -0.369 e. The van der Waals surface area contributed by atoms with Gasteiger partial charge < -0.3 is 11.1 Å². The van der Waals surface area contributed by atoms with Crippen molar-refractivity contribution in [3.05, 3.63) is 30.1 Å². The van der Waals surface area contributed by atoms with Crippen molar-refractivity contribution in [1.82, 2.24) is 0 Å². The molecule has 1 aromatic rings. The van der Waals surface area contributed by atoms with E-state index in [2.05, 4.69) is 5.32 Å². The van der Waals surface area contributed by atoms with Crippen LogP contribution in [-0.4, -0.2) is 23.3 Å². The van der Waals surface area contributed by atoms with E-state index < -0.39 is 11.7 Å². The van der Waals surface area contributed by atoms with Crippen LogP contribution in [0.25, 0.3) is 0 Å². The highest BCUT2D eigenvalue weighted by Gasteiger charge is 2.06. The highest BCUT2D eigenvalue weighted by atomic mass is 32.2. The predicted octanol–water partition coefficient (Wildman–Crippen LogP) is 0.983. The van der Waals surface area contributed by atoms with Crippen LogP contribution < -0.4 is 11.1 Å². The average molecular weight is 242 g/mol. The Bertz CT molecular complexity index is 398. The van der Waals surface area contributed by atoms with Crippen molar-refractivity contribution in [2.45, 2.75) is 0 Å². The van der Waals surface area contributed by atoms with E-state index in [1.165, 1.54) is 18.2 Å². The van der Waals surface area contributed by atoms with Crippen LogP contribution in [0.2, 0.25) is 0 Å². The lowest BCUT2D eigenvalue weighted by Gasteiger charge is -2.05. The molecule has 1 rings (SSSR count). The molecule has 3 N–H and O–H groups in total. The van der Waals surface area contributed by atoms with Crippen LogP contribution in [0, 0.1) is 5.82 Å². The number of thioether (sulfide) groups is 1. The van der Waals surface area contributed by atoms with E-state index in [0.717, 1.165) is 11.8 Å².